The molecule has 0 bridgehead atoms. The van der Waals surface area contributed by atoms with Crippen molar-refractivity contribution in [3.05, 3.63) is 58.1 Å². The Morgan fingerprint density at radius 2 is 1.96 bits per heavy atom. The summed E-state index contributed by atoms with van der Waals surface area (Å²) in [5.41, 5.74) is 2.75. The lowest BCUT2D eigenvalue weighted by Gasteiger charge is -2.08. The second-order valence-corrected chi connectivity index (χ2v) is 6.73. The van der Waals surface area contributed by atoms with Crippen LogP contribution in [0.25, 0.3) is 22.4 Å². The zero-order valence-electron chi connectivity index (χ0n) is 14.0. The van der Waals surface area contributed by atoms with Gasteiger partial charge in [-0.2, -0.15) is 5.21 Å². The van der Waals surface area contributed by atoms with E-state index in [1.165, 1.54) is 0 Å². The smallest absolute Gasteiger partial charge is 0.222 e. The quantitative estimate of drug-likeness (QED) is 0.418. The monoisotopic (exact) mass is 400 g/mol. The molecule has 0 amide bonds. The fraction of sp³-hybridized carbons (Fsp3) is 0.111. The maximum atomic E-state index is 12.3. The highest BCUT2D eigenvalue weighted by Gasteiger charge is 2.19. The molecule has 2 aromatic heterocycles. The highest BCUT2D eigenvalue weighted by atomic mass is 35.5. The minimum Gasteiger partial charge on any atom is -0.382 e. The Morgan fingerprint density at radius 3 is 2.70 bits per heavy atom. The lowest BCUT2D eigenvalue weighted by Crippen LogP contribution is -2.09. The molecule has 0 unspecified atom stereocenters. The van der Waals surface area contributed by atoms with Crippen molar-refractivity contribution >= 4 is 45.6 Å². The van der Waals surface area contributed by atoms with E-state index in [4.69, 9.17) is 23.2 Å². The van der Waals surface area contributed by atoms with Gasteiger partial charge >= 0.3 is 0 Å². The first-order valence-electron chi connectivity index (χ1n) is 8.20. The molecule has 0 fully saturated rings. The summed E-state index contributed by atoms with van der Waals surface area (Å²) in [5.74, 6) is 0.438. The van der Waals surface area contributed by atoms with Crippen molar-refractivity contribution in [2.45, 2.75) is 6.42 Å². The van der Waals surface area contributed by atoms with E-state index in [2.05, 4.69) is 30.9 Å². The molecule has 7 nitrogen and oxygen atoms in total. The van der Waals surface area contributed by atoms with E-state index in [9.17, 15) is 4.79 Å². The van der Waals surface area contributed by atoms with Gasteiger partial charge in [0, 0.05) is 28.9 Å². The number of hydrogen-bond donors (Lipinski definition) is 3. The lowest BCUT2D eigenvalue weighted by atomic mass is 10.1. The molecule has 0 spiro atoms. The van der Waals surface area contributed by atoms with Gasteiger partial charge in [0.25, 0.3) is 0 Å². The van der Waals surface area contributed by atoms with Gasteiger partial charge in [0.2, 0.25) is 5.82 Å². The van der Waals surface area contributed by atoms with E-state index >= 15 is 0 Å². The number of ketones is 1. The van der Waals surface area contributed by atoms with Gasteiger partial charge in [-0.05, 0) is 17.3 Å². The molecule has 0 saturated carbocycles. The predicted octanol–water partition coefficient (Wildman–Crippen LogP) is 4.34. The zero-order valence-corrected chi connectivity index (χ0v) is 15.5. The number of benzene rings is 2. The average molecular weight is 401 g/mol. The number of nitrogens with one attached hydrogen (secondary N) is 3. The van der Waals surface area contributed by atoms with Crippen LogP contribution >= 0.6 is 23.2 Å². The summed E-state index contributed by atoms with van der Waals surface area (Å²) in [7, 11) is 0. The maximum Gasteiger partial charge on any atom is 0.222 e. The molecule has 0 aliphatic carbocycles. The van der Waals surface area contributed by atoms with Crippen LogP contribution in [0.5, 0.6) is 0 Å². The lowest BCUT2D eigenvalue weighted by molar-refractivity contribution is 0.0986. The van der Waals surface area contributed by atoms with Crippen molar-refractivity contribution in [1.29, 1.82) is 0 Å². The number of aromatic nitrogens is 5. The number of tetrazole rings is 1. The summed E-state index contributed by atoms with van der Waals surface area (Å²) >= 11 is 12.5. The third-order valence-corrected chi connectivity index (χ3v) is 4.65. The van der Waals surface area contributed by atoms with Gasteiger partial charge < -0.3 is 10.3 Å². The summed E-state index contributed by atoms with van der Waals surface area (Å²) < 4.78 is 0. The zero-order chi connectivity index (χ0) is 18.8. The molecule has 3 N–H and O–H groups in total. The molecule has 0 atom stereocenters. The van der Waals surface area contributed by atoms with Gasteiger partial charge in [-0.25, -0.2) is 0 Å². The summed E-state index contributed by atoms with van der Waals surface area (Å²) in [6, 6.07) is 12.6. The Labute approximate surface area is 164 Å². The van der Waals surface area contributed by atoms with Crippen LogP contribution in [0.1, 0.15) is 16.8 Å². The minimum absolute atomic E-state index is 0.0539. The Kier molecular flexibility index (Phi) is 4.79. The van der Waals surface area contributed by atoms with Crippen molar-refractivity contribution < 1.29 is 4.79 Å². The van der Waals surface area contributed by atoms with E-state index in [1.807, 2.05) is 18.2 Å². The third-order valence-electron chi connectivity index (χ3n) is 4.13. The number of carbonyl (C=O) groups excluding carboxylic acids is 1. The molecule has 9 heteroatoms. The fourth-order valence-corrected chi connectivity index (χ4v) is 3.52. The van der Waals surface area contributed by atoms with E-state index in [0.29, 0.717) is 45.8 Å². The number of carbonyl (C=O) groups is 1. The molecule has 27 heavy (non-hydrogen) atoms. The summed E-state index contributed by atoms with van der Waals surface area (Å²) in [4.78, 5) is 15.5. The van der Waals surface area contributed by atoms with Gasteiger partial charge in [0.05, 0.1) is 16.2 Å². The van der Waals surface area contributed by atoms with Crippen molar-refractivity contribution in [2.75, 3.05) is 11.9 Å². The first-order chi connectivity index (χ1) is 13.1. The van der Waals surface area contributed by atoms with Crippen LogP contribution in [-0.2, 0) is 0 Å². The second kappa shape index (κ2) is 7.38. The van der Waals surface area contributed by atoms with Crippen molar-refractivity contribution in [2.24, 2.45) is 0 Å². The molecule has 0 saturated heterocycles. The number of rotatable bonds is 6. The number of Topliss-reactive ketones (excluding diaryl/α,β-unsaturated/α-hetero) is 1. The Hall–Kier alpha value is -2.90. The predicted molar refractivity (Wildman–Crippen MR) is 105 cm³/mol. The molecule has 0 radical (unpaired) electrons. The Balaban J connectivity index is 1.64. The SMILES string of the molecule is O=C(CCNc1c(-c2nn[nH]n2)[nH]c2cc(Cl)cc(Cl)c12)c1ccccc1. The average Bonchev–Trinajstić information content (AvgIpc) is 3.30. The van der Waals surface area contributed by atoms with E-state index in [1.54, 1.807) is 24.3 Å². The van der Waals surface area contributed by atoms with Gasteiger partial charge in [-0.1, -0.05) is 53.5 Å². The van der Waals surface area contributed by atoms with E-state index in [0.717, 1.165) is 10.9 Å². The van der Waals surface area contributed by atoms with Crippen LogP contribution in [0.3, 0.4) is 0 Å². The van der Waals surface area contributed by atoms with Crippen LogP contribution in [0.2, 0.25) is 10.0 Å². The van der Waals surface area contributed by atoms with Crippen LogP contribution in [0.15, 0.2) is 42.5 Å². The van der Waals surface area contributed by atoms with Gasteiger partial charge in [-0.15, -0.1) is 10.2 Å². The molecule has 0 aliphatic rings. The Bertz CT molecular complexity index is 1090. The molecule has 4 aromatic rings. The molecular weight excluding hydrogens is 387 g/mol. The number of hydrogen-bond acceptors (Lipinski definition) is 5. The number of nitrogens with zero attached hydrogens (tertiary/aromatic N) is 3. The fourth-order valence-electron chi connectivity index (χ4n) is 2.93. The topological polar surface area (TPSA) is 99.3 Å². The number of anilines is 1. The van der Waals surface area contributed by atoms with Crippen LogP contribution < -0.4 is 5.32 Å². The van der Waals surface area contributed by atoms with Gasteiger partial charge in [-0.3, -0.25) is 4.79 Å². The number of aromatic amines is 2. The molecule has 2 heterocycles. The number of fused-ring (bicyclic) bond motifs is 1. The van der Waals surface area contributed by atoms with Crippen molar-refractivity contribution in [3.8, 4) is 11.5 Å². The van der Waals surface area contributed by atoms with Crippen LogP contribution in [-0.4, -0.2) is 37.9 Å². The third kappa shape index (κ3) is 3.51. The normalized spacial score (nSPS) is 11.0. The summed E-state index contributed by atoms with van der Waals surface area (Å²) in [5, 5.41) is 19.1. The van der Waals surface area contributed by atoms with Gasteiger partial charge in [0.1, 0.15) is 5.69 Å². The van der Waals surface area contributed by atoms with E-state index in [-0.39, 0.29) is 5.78 Å². The highest BCUT2D eigenvalue weighted by Crippen LogP contribution is 2.39. The minimum atomic E-state index is 0.0539. The van der Waals surface area contributed by atoms with Crippen LogP contribution in [0.4, 0.5) is 5.69 Å². The van der Waals surface area contributed by atoms with Crippen molar-refractivity contribution in [1.82, 2.24) is 25.6 Å². The van der Waals surface area contributed by atoms with Crippen LogP contribution in [0, 0.1) is 0 Å². The summed E-state index contributed by atoms with van der Waals surface area (Å²) in [6.45, 7) is 0.421. The second-order valence-electron chi connectivity index (χ2n) is 5.89. The molecule has 0 aliphatic heterocycles. The number of H-pyrrole nitrogens is 2. The highest BCUT2D eigenvalue weighted by molar-refractivity contribution is 6.39. The standard InChI is InChI=1S/C18H14Cl2N6O/c19-11-8-12(20)15-13(9-11)22-17(18-23-25-26-24-18)16(15)21-7-6-14(27)10-4-2-1-3-5-10/h1-5,8-9,21-22H,6-7H2,(H,23,24,25,26). The van der Waals surface area contributed by atoms with Crippen molar-refractivity contribution in [3.63, 3.8) is 0 Å². The first kappa shape index (κ1) is 17.5. The molecule has 2 aromatic carbocycles. The summed E-state index contributed by atoms with van der Waals surface area (Å²) in [6.07, 6.45) is 0.327. The molecule has 4 rings (SSSR count). The number of halogens is 2. The van der Waals surface area contributed by atoms with E-state index < -0.39 is 0 Å². The maximum absolute atomic E-state index is 12.3. The molecular formula is C18H14Cl2N6O. The Morgan fingerprint density at radius 1 is 1.15 bits per heavy atom. The molecule has 136 valence electrons. The first-order valence-corrected chi connectivity index (χ1v) is 8.95. The van der Waals surface area contributed by atoms with Gasteiger partial charge in [0.15, 0.2) is 5.78 Å². The largest absolute Gasteiger partial charge is 0.382 e.